The summed E-state index contributed by atoms with van der Waals surface area (Å²) in [7, 11) is 1.54. The molecule has 1 atom stereocenters. The Morgan fingerprint density at radius 2 is 1.94 bits per heavy atom. The maximum Gasteiger partial charge on any atom is 0.387 e. The highest BCUT2D eigenvalue weighted by atomic mass is 19.3. The summed E-state index contributed by atoms with van der Waals surface area (Å²) in [5, 5.41) is 8.92. The molecule has 3 N–H and O–H groups in total. The van der Waals surface area contributed by atoms with Crippen LogP contribution in [0.1, 0.15) is 12.0 Å². The second-order valence-electron chi connectivity index (χ2n) is 6.22. The number of halogens is 2. The molecule has 2 aromatic carbocycles. The number of benzene rings is 2. The molecular formula is C20H19F2N5O4. The van der Waals surface area contributed by atoms with Gasteiger partial charge in [0.25, 0.3) is 5.91 Å². The molecule has 162 valence electrons. The fraction of sp³-hybridized carbons (Fsp3) is 0.200. The zero-order valence-electron chi connectivity index (χ0n) is 16.3. The Bertz CT molecular complexity index is 1010. The van der Waals surface area contributed by atoms with Gasteiger partial charge in [0.2, 0.25) is 11.9 Å². The van der Waals surface area contributed by atoms with Crippen LogP contribution in [-0.2, 0) is 9.59 Å². The van der Waals surface area contributed by atoms with Crippen LogP contribution in [0.3, 0.4) is 0 Å². The van der Waals surface area contributed by atoms with Gasteiger partial charge in [0.15, 0.2) is 0 Å². The molecule has 0 unspecified atom stereocenters. The van der Waals surface area contributed by atoms with Crippen LogP contribution in [0.25, 0.3) is 0 Å². The number of anilines is 1. The van der Waals surface area contributed by atoms with Gasteiger partial charge < -0.3 is 14.8 Å². The molecule has 2 amide bonds. The number of aliphatic imine (C=N–C) groups is 1. The van der Waals surface area contributed by atoms with E-state index in [1.54, 1.807) is 18.2 Å². The van der Waals surface area contributed by atoms with E-state index < -0.39 is 24.5 Å². The van der Waals surface area contributed by atoms with Gasteiger partial charge in [-0.15, -0.1) is 0 Å². The van der Waals surface area contributed by atoms with Crippen LogP contribution in [0, 0.1) is 0 Å². The average Bonchev–Trinajstić information content (AvgIpc) is 3.08. The minimum Gasteiger partial charge on any atom is -0.496 e. The molecule has 0 spiro atoms. The first-order chi connectivity index (χ1) is 15.0. The normalized spacial score (nSPS) is 15.5. The van der Waals surface area contributed by atoms with E-state index in [1.165, 1.54) is 31.5 Å². The van der Waals surface area contributed by atoms with Gasteiger partial charge in [0.05, 0.1) is 25.4 Å². The third-order valence-electron chi connectivity index (χ3n) is 4.10. The average molecular weight is 431 g/mol. The van der Waals surface area contributed by atoms with Gasteiger partial charge in [-0.2, -0.15) is 13.9 Å². The Labute approximate surface area is 176 Å². The Morgan fingerprint density at radius 1 is 1.23 bits per heavy atom. The quantitative estimate of drug-likeness (QED) is 0.438. The van der Waals surface area contributed by atoms with E-state index in [-0.39, 0.29) is 23.8 Å². The van der Waals surface area contributed by atoms with Crippen molar-refractivity contribution in [2.45, 2.75) is 19.1 Å². The van der Waals surface area contributed by atoms with Gasteiger partial charge in [0.1, 0.15) is 17.5 Å². The maximum atomic E-state index is 12.5. The molecule has 0 radical (unpaired) electrons. The molecule has 1 aliphatic heterocycles. The molecule has 0 saturated carbocycles. The number of amides is 2. The SMILES string of the molecule is COc1ccccc1/C=N\NC1=N[C@@H](CC(=O)Nc2ccccc2OC(F)F)C(=O)N1. The molecule has 9 nitrogen and oxygen atoms in total. The van der Waals surface area contributed by atoms with Gasteiger partial charge in [-0.1, -0.05) is 24.3 Å². The summed E-state index contributed by atoms with van der Waals surface area (Å²) in [6.45, 7) is -3.03. The zero-order valence-corrected chi connectivity index (χ0v) is 16.3. The number of carbonyl (C=O) groups excluding carboxylic acids is 2. The highest BCUT2D eigenvalue weighted by Gasteiger charge is 2.28. The summed E-state index contributed by atoms with van der Waals surface area (Å²) < 4.78 is 34.5. The van der Waals surface area contributed by atoms with Gasteiger partial charge >= 0.3 is 6.61 Å². The summed E-state index contributed by atoms with van der Waals surface area (Å²) in [4.78, 5) is 28.4. The molecule has 2 aromatic rings. The van der Waals surface area contributed by atoms with E-state index in [2.05, 4.69) is 30.9 Å². The number of hydrazone groups is 1. The van der Waals surface area contributed by atoms with Crippen LogP contribution in [0.4, 0.5) is 14.5 Å². The molecule has 3 rings (SSSR count). The lowest BCUT2D eigenvalue weighted by atomic mass is 10.2. The van der Waals surface area contributed by atoms with Crippen molar-refractivity contribution in [3.05, 3.63) is 54.1 Å². The van der Waals surface area contributed by atoms with Crippen LogP contribution in [-0.4, -0.2) is 43.8 Å². The van der Waals surface area contributed by atoms with Crippen LogP contribution in [0.15, 0.2) is 58.6 Å². The largest absolute Gasteiger partial charge is 0.496 e. The predicted octanol–water partition coefficient (Wildman–Crippen LogP) is 2.10. The number of hydrogen-bond donors (Lipinski definition) is 3. The number of ether oxygens (including phenoxy) is 2. The van der Waals surface area contributed by atoms with Crippen LogP contribution in [0.5, 0.6) is 11.5 Å². The smallest absolute Gasteiger partial charge is 0.387 e. The first-order valence-electron chi connectivity index (χ1n) is 9.10. The molecule has 11 heteroatoms. The second kappa shape index (κ2) is 10.1. The van der Waals surface area contributed by atoms with Gasteiger partial charge in [-0.3, -0.25) is 14.9 Å². The number of nitrogens with one attached hydrogen (secondary N) is 3. The Kier molecular flexibility index (Phi) is 7.09. The topological polar surface area (TPSA) is 113 Å². The number of para-hydroxylation sites is 3. The van der Waals surface area contributed by atoms with Crippen LogP contribution in [0.2, 0.25) is 0 Å². The fourth-order valence-electron chi connectivity index (χ4n) is 2.72. The Balaban J connectivity index is 1.58. The highest BCUT2D eigenvalue weighted by Crippen LogP contribution is 2.25. The maximum absolute atomic E-state index is 12.5. The van der Waals surface area contributed by atoms with Crippen molar-refractivity contribution >= 4 is 29.7 Å². The minimum atomic E-state index is -3.03. The van der Waals surface area contributed by atoms with E-state index in [0.29, 0.717) is 11.3 Å². The van der Waals surface area contributed by atoms with Gasteiger partial charge in [0, 0.05) is 5.56 Å². The lowest BCUT2D eigenvalue weighted by Crippen LogP contribution is -2.35. The first kappa shape index (κ1) is 21.7. The Morgan fingerprint density at radius 3 is 2.68 bits per heavy atom. The van der Waals surface area contributed by atoms with Crippen molar-refractivity contribution in [2.24, 2.45) is 10.1 Å². The number of hydrogen-bond acceptors (Lipinski definition) is 7. The molecular weight excluding hydrogens is 412 g/mol. The number of methoxy groups -OCH3 is 1. The van der Waals surface area contributed by atoms with Crippen molar-refractivity contribution < 1.29 is 27.8 Å². The van der Waals surface area contributed by atoms with Gasteiger partial charge in [-0.25, -0.2) is 10.4 Å². The molecule has 0 saturated heterocycles. The molecule has 0 aliphatic carbocycles. The van der Waals surface area contributed by atoms with Crippen molar-refractivity contribution in [2.75, 3.05) is 12.4 Å². The van der Waals surface area contributed by atoms with E-state index in [4.69, 9.17) is 4.74 Å². The first-order valence-corrected chi connectivity index (χ1v) is 9.10. The summed E-state index contributed by atoms with van der Waals surface area (Å²) in [6.07, 6.45) is 1.20. The number of guanidine groups is 1. The zero-order chi connectivity index (χ0) is 22.2. The van der Waals surface area contributed by atoms with E-state index >= 15 is 0 Å². The monoisotopic (exact) mass is 431 g/mol. The van der Waals surface area contributed by atoms with E-state index in [0.717, 1.165) is 0 Å². The van der Waals surface area contributed by atoms with E-state index in [1.807, 2.05) is 12.1 Å². The number of rotatable bonds is 8. The number of alkyl halides is 2. The summed E-state index contributed by atoms with van der Waals surface area (Å²) >= 11 is 0. The standard InChI is InChI=1S/C20H19F2N5O4/c1-30-15-8-4-2-6-12(15)11-23-27-20-25-14(18(29)26-20)10-17(28)24-13-7-3-5-9-16(13)31-19(21)22/h2-9,11,14,19H,10H2,1H3,(H,24,28)(H2,25,26,27,29)/b23-11-/t14-/m0/s1. The number of nitrogens with zero attached hydrogens (tertiary/aromatic N) is 2. The van der Waals surface area contributed by atoms with Crippen LogP contribution < -0.4 is 25.5 Å². The van der Waals surface area contributed by atoms with Crippen molar-refractivity contribution in [1.82, 2.24) is 10.7 Å². The summed E-state index contributed by atoms with van der Waals surface area (Å²) in [5.41, 5.74) is 3.37. The van der Waals surface area contributed by atoms with Crippen molar-refractivity contribution in [3.8, 4) is 11.5 Å². The number of carbonyl (C=O) groups is 2. The summed E-state index contributed by atoms with van der Waals surface area (Å²) in [6, 6.07) is 12.0. The van der Waals surface area contributed by atoms with Gasteiger partial charge in [-0.05, 0) is 24.3 Å². The van der Waals surface area contributed by atoms with E-state index in [9.17, 15) is 18.4 Å². The van der Waals surface area contributed by atoms with Crippen molar-refractivity contribution in [3.63, 3.8) is 0 Å². The summed E-state index contributed by atoms with van der Waals surface area (Å²) in [5.74, 6) is -0.569. The lowest BCUT2D eigenvalue weighted by Gasteiger charge is -2.12. The van der Waals surface area contributed by atoms with Crippen molar-refractivity contribution in [1.29, 1.82) is 0 Å². The second-order valence-corrected chi connectivity index (χ2v) is 6.22. The highest BCUT2D eigenvalue weighted by molar-refractivity contribution is 6.07. The lowest BCUT2D eigenvalue weighted by molar-refractivity contribution is -0.123. The molecule has 1 aliphatic rings. The third kappa shape index (κ3) is 5.98. The molecule has 0 fully saturated rings. The predicted molar refractivity (Wildman–Crippen MR) is 109 cm³/mol. The molecule has 0 aromatic heterocycles. The fourth-order valence-corrected chi connectivity index (χ4v) is 2.72. The molecule has 0 bridgehead atoms. The third-order valence-corrected chi connectivity index (χ3v) is 4.10. The molecule has 31 heavy (non-hydrogen) atoms. The minimum absolute atomic E-state index is 0.0648. The molecule has 1 heterocycles. The Hall–Kier alpha value is -4.02. The van der Waals surface area contributed by atoms with Crippen LogP contribution >= 0.6 is 0 Å².